The third-order valence-electron chi connectivity index (χ3n) is 4.38. The molecule has 0 fully saturated rings. The predicted octanol–water partition coefficient (Wildman–Crippen LogP) is 3.01. The lowest BCUT2D eigenvalue weighted by atomic mass is 10.1. The van der Waals surface area contributed by atoms with Crippen molar-refractivity contribution in [2.24, 2.45) is 4.99 Å². The maximum Gasteiger partial charge on any atom is 0.253 e. The molecular formula is C23H32IN5O2. The van der Waals surface area contributed by atoms with Gasteiger partial charge in [-0.2, -0.15) is 0 Å². The van der Waals surface area contributed by atoms with Gasteiger partial charge in [0.1, 0.15) is 0 Å². The first-order valence-electron chi connectivity index (χ1n) is 10.1. The Morgan fingerprint density at radius 2 is 1.35 bits per heavy atom. The molecule has 31 heavy (non-hydrogen) atoms. The highest BCUT2D eigenvalue weighted by Gasteiger charge is 2.07. The van der Waals surface area contributed by atoms with Crippen LogP contribution in [0.25, 0.3) is 0 Å². The first-order valence-corrected chi connectivity index (χ1v) is 10.1. The van der Waals surface area contributed by atoms with Crippen molar-refractivity contribution in [3.05, 3.63) is 70.8 Å². The van der Waals surface area contributed by atoms with Gasteiger partial charge in [0.2, 0.25) is 0 Å². The van der Waals surface area contributed by atoms with Gasteiger partial charge >= 0.3 is 0 Å². The monoisotopic (exact) mass is 537 g/mol. The van der Waals surface area contributed by atoms with Crippen molar-refractivity contribution in [2.45, 2.75) is 26.9 Å². The minimum Gasteiger partial charge on any atom is -0.357 e. The highest BCUT2D eigenvalue weighted by molar-refractivity contribution is 14.0. The van der Waals surface area contributed by atoms with Crippen molar-refractivity contribution >= 4 is 41.8 Å². The SMILES string of the molecule is CCNC(=O)c1ccc(CN=C(NCC)NCc2ccc(C(=O)N(C)C)cc2)cc1.I. The van der Waals surface area contributed by atoms with E-state index >= 15 is 0 Å². The van der Waals surface area contributed by atoms with Crippen LogP contribution in [0.3, 0.4) is 0 Å². The summed E-state index contributed by atoms with van der Waals surface area (Å²) in [5, 5.41) is 9.32. The average molecular weight is 537 g/mol. The number of halogens is 1. The molecule has 0 aliphatic carbocycles. The lowest BCUT2D eigenvalue weighted by molar-refractivity contribution is 0.0827. The molecule has 0 radical (unpaired) electrons. The highest BCUT2D eigenvalue weighted by atomic mass is 127. The van der Waals surface area contributed by atoms with Crippen LogP contribution in [0.1, 0.15) is 45.7 Å². The van der Waals surface area contributed by atoms with Crippen LogP contribution in [0.15, 0.2) is 53.5 Å². The number of amides is 2. The summed E-state index contributed by atoms with van der Waals surface area (Å²) in [6.07, 6.45) is 0. The fourth-order valence-electron chi connectivity index (χ4n) is 2.75. The minimum absolute atomic E-state index is 0. The largest absolute Gasteiger partial charge is 0.357 e. The van der Waals surface area contributed by atoms with E-state index < -0.39 is 0 Å². The fraction of sp³-hybridized carbons (Fsp3) is 0.348. The number of hydrogen-bond donors (Lipinski definition) is 3. The second-order valence-electron chi connectivity index (χ2n) is 7.00. The Morgan fingerprint density at radius 1 is 0.806 bits per heavy atom. The molecule has 3 N–H and O–H groups in total. The van der Waals surface area contributed by atoms with Crippen molar-refractivity contribution in [1.82, 2.24) is 20.9 Å². The van der Waals surface area contributed by atoms with E-state index in [-0.39, 0.29) is 35.8 Å². The standard InChI is InChI=1S/C23H31N5O2.HI/c1-5-24-21(29)19-11-7-17(8-12-19)15-26-23(25-6-2)27-16-18-9-13-20(14-10-18)22(30)28(3)4;/h7-14H,5-6,15-16H2,1-4H3,(H,24,29)(H2,25,26,27);1H. The Balaban J connectivity index is 0.00000480. The molecule has 0 saturated heterocycles. The van der Waals surface area contributed by atoms with Gasteiger partial charge in [0.15, 0.2) is 5.96 Å². The van der Waals surface area contributed by atoms with E-state index in [9.17, 15) is 9.59 Å². The van der Waals surface area contributed by atoms with E-state index in [4.69, 9.17) is 0 Å². The van der Waals surface area contributed by atoms with Crippen LogP contribution < -0.4 is 16.0 Å². The van der Waals surface area contributed by atoms with Crippen LogP contribution in [-0.4, -0.2) is 49.9 Å². The zero-order valence-electron chi connectivity index (χ0n) is 18.6. The Morgan fingerprint density at radius 3 is 1.90 bits per heavy atom. The minimum atomic E-state index is -0.0687. The van der Waals surface area contributed by atoms with Gasteiger partial charge in [0, 0.05) is 44.9 Å². The summed E-state index contributed by atoms with van der Waals surface area (Å²) < 4.78 is 0. The number of guanidine groups is 1. The summed E-state index contributed by atoms with van der Waals surface area (Å²) in [5.41, 5.74) is 3.39. The molecule has 168 valence electrons. The second kappa shape index (κ2) is 13.6. The number of nitrogens with zero attached hydrogens (tertiary/aromatic N) is 2. The molecule has 2 amide bonds. The van der Waals surface area contributed by atoms with E-state index in [0.717, 1.165) is 17.7 Å². The third-order valence-corrected chi connectivity index (χ3v) is 4.38. The van der Waals surface area contributed by atoms with Gasteiger partial charge in [0.05, 0.1) is 6.54 Å². The summed E-state index contributed by atoms with van der Waals surface area (Å²) in [6, 6.07) is 15.0. The Labute approximate surface area is 201 Å². The summed E-state index contributed by atoms with van der Waals surface area (Å²) >= 11 is 0. The molecule has 0 bridgehead atoms. The lowest BCUT2D eigenvalue weighted by Crippen LogP contribution is -2.36. The summed E-state index contributed by atoms with van der Waals surface area (Å²) in [4.78, 5) is 30.0. The van der Waals surface area contributed by atoms with Crippen LogP contribution in [0.4, 0.5) is 0 Å². The molecular weight excluding hydrogens is 505 g/mol. The van der Waals surface area contributed by atoms with Crippen molar-refractivity contribution in [1.29, 1.82) is 0 Å². The van der Waals surface area contributed by atoms with Crippen molar-refractivity contribution < 1.29 is 9.59 Å². The molecule has 0 heterocycles. The maximum atomic E-state index is 12.0. The van der Waals surface area contributed by atoms with Gasteiger partial charge < -0.3 is 20.9 Å². The number of hydrogen-bond acceptors (Lipinski definition) is 3. The molecule has 2 aromatic rings. The van der Waals surface area contributed by atoms with Gasteiger partial charge in [-0.15, -0.1) is 24.0 Å². The zero-order chi connectivity index (χ0) is 21.9. The summed E-state index contributed by atoms with van der Waals surface area (Å²) in [6.45, 7) is 6.36. The van der Waals surface area contributed by atoms with Crippen LogP contribution in [0.5, 0.6) is 0 Å². The third kappa shape index (κ3) is 8.56. The smallest absolute Gasteiger partial charge is 0.253 e. The Hall–Kier alpha value is -2.62. The molecule has 0 atom stereocenters. The van der Waals surface area contributed by atoms with Gasteiger partial charge in [-0.05, 0) is 49.2 Å². The van der Waals surface area contributed by atoms with Crippen LogP contribution in [0, 0.1) is 0 Å². The molecule has 0 aromatic heterocycles. The van der Waals surface area contributed by atoms with Crippen LogP contribution in [0.2, 0.25) is 0 Å². The van der Waals surface area contributed by atoms with E-state index in [1.165, 1.54) is 0 Å². The summed E-state index contributed by atoms with van der Waals surface area (Å²) in [7, 11) is 3.48. The van der Waals surface area contributed by atoms with Crippen LogP contribution >= 0.6 is 24.0 Å². The van der Waals surface area contributed by atoms with Gasteiger partial charge in [-0.3, -0.25) is 9.59 Å². The number of nitrogens with one attached hydrogen (secondary N) is 3. The van der Waals surface area contributed by atoms with E-state index in [1.54, 1.807) is 19.0 Å². The Kier molecular flexibility index (Phi) is 11.6. The first-order chi connectivity index (χ1) is 14.4. The molecule has 0 aliphatic heterocycles. The van der Waals surface area contributed by atoms with Crippen molar-refractivity contribution in [2.75, 3.05) is 27.2 Å². The first kappa shape index (κ1) is 26.4. The second-order valence-corrected chi connectivity index (χ2v) is 7.00. The number of rotatable bonds is 8. The lowest BCUT2D eigenvalue weighted by Gasteiger charge is -2.13. The molecule has 0 spiro atoms. The molecule has 2 aromatic carbocycles. The highest BCUT2D eigenvalue weighted by Crippen LogP contribution is 2.07. The molecule has 0 unspecified atom stereocenters. The number of carbonyl (C=O) groups is 2. The van der Waals surface area contributed by atoms with Gasteiger partial charge in [-0.25, -0.2) is 4.99 Å². The normalized spacial score (nSPS) is 10.6. The van der Waals surface area contributed by atoms with Crippen molar-refractivity contribution in [3.8, 4) is 0 Å². The van der Waals surface area contributed by atoms with E-state index in [0.29, 0.717) is 36.7 Å². The average Bonchev–Trinajstić information content (AvgIpc) is 2.76. The predicted molar refractivity (Wildman–Crippen MR) is 136 cm³/mol. The molecule has 7 nitrogen and oxygen atoms in total. The fourth-order valence-corrected chi connectivity index (χ4v) is 2.75. The van der Waals surface area contributed by atoms with Crippen LogP contribution in [-0.2, 0) is 13.1 Å². The number of aliphatic imine (C=N–C) groups is 1. The van der Waals surface area contributed by atoms with Gasteiger partial charge in [0.25, 0.3) is 11.8 Å². The van der Waals surface area contributed by atoms with E-state index in [2.05, 4.69) is 20.9 Å². The van der Waals surface area contributed by atoms with Gasteiger partial charge in [-0.1, -0.05) is 24.3 Å². The van der Waals surface area contributed by atoms with Crippen molar-refractivity contribution in [3.63, 3.8) is 0 Å². The maximum absolute atomic E-state index is 12.0. The molecule has 0 saturated carbocycles. The summed E-state index contributed by atoms with van der Waals surface area (Å²) in [5.74, 6) is 0.627. The molecule has 0 aliphatic rings. The molecule has 8 heteroatoms. The number of carbonyl (C=O) groups excluding carboxylic acids is 2. The quantitative estimate of drug-likeness (QED) is 0.275. The topological polar surface area (TPSA) is 85.8 Å². The zero-order valence-corrected chi connectivity index (χ0v) is 20.9. The Bertz CT molecular complexity index is 865. The van der Waals surface area contributed by atoms with E-state index in [1.807, 2.05) is 62.4 Å². The molecule has 2 rings (SSSR count). The number of benzene rings is 2.